The van der Waals surface area contributed by atoms with E-state index in [2.05, 4.69) is 9.97 Å². The number of rotatable bonds is 8. The van der Waals surface area contributed by atoms with E-state index in [4.69, 9.17) is 4.74 Å². The van der Waals surface area contributed by atoms with Crippen LogP contribution in [0.1, 0.15) is 48.5 Å². The Hall–Kier alpha value is -2.30. The van der Waals surface area contributed by atoms with E-state index in [9.17, 15) is 9.18 Å². The van der Waals surface area contributed by atoms with Crippen LogP contribution >= 0.6 is 0 Å². The van der Waals surface area contributed by atoms with E-state index in [0.29, 0.717) is 12.0 Å². The zero-order chi connectivity index (χ0) is 16.5. The second-order valence-corrected chi connectivity index (χ2v) is 5.51. The Morgan fingerprint density at radius 3 is 2.48 bits per heavy atom. The zero-order valence-electron chi connectivity index (χ0n) is 13.2. The quantitative estimate of drug-likeness (QED) is 0.542. The first kappa shape index (κ1) is 17.1. The highest BCUT2D eigenvalue weighted by atomic mass is 19.1. The molecule has 0 aliphatic rings. The highest BCUT2D eigenvalue weighted by molar-refractivity contribution is 5.90. The van der Waals surface area contributed by atoms with Crippen LogP contribution in [0, 0.1) is 0 Å². The van der Waals surface area contributed by atoms with Gasteiger partial charge in [-0.25, -0.2) is 19.2 Å². The Morgan fingerprint density at radius 2 is 1.83 bits per heavy atom. The molecule has 0 aliphatic carbocycles. The molecule has 0 amide bonds. The van der Waals surface area contributed by atoms with Gasteiger partial charge in [0.2, 0.25) is 0 Å². The third kappa shape index (κ3) is 6.14. The molecular formula is C18H21FN2O2. The molecule has 1 atom stereocenters. The highest BCUT2D eigenvalue weighted by Gasteiger charge is 2.09. The lowest BCUT2D eigenvalue weighted by Gasteiger charge is -2.04. The Morgan fingerprint density at radius 1 is 1.13 bits per heavy atom. The molecule has 0 fully saturated rings. The van der Waals surface area contributed by atoms with Crippen LogP contribution in [0.2, 0.25) is 0 Å². The maximum Gasteiger partial charge on any atom is 0.345 e. The van der Waals surface area contributed by atoms with Crippen LogP contribution in [0.25, 0.3) is 0 Å². The number of esters is 1. The number of aromatic nitrogens is 2. The van der Waals surface area contributed by atoms with E-state index in [-0.39, 0.29) is 6.01 Å². The predicted molar refractivity (Wildman–Crippen MR) is 86.2 cm³/mol. The SMILES string of the molecule is CC(F)CCCCCc1cnc(OC(=O)c2ccccc2)nc1. The molecule has 2 rings (SSSR count). The van der Waals surface area contributed by atoms with Gasteiger partial charge in [-0.15, -0.1) is 0 Å². The van der Waals surface area contributed by atoms with Crippen LogP contribution in [0.5, 0.6) is 6.01 Å². The van der Waals surface area contributed by atoms with Crippen molar-refractivity contribution in [3.63, 3.8) is 0 Å². The number of unbranched alkanes of at least 4 members (excludes halogenated alkanes) is 2. The second kappa shape index (κ2) is 8.98. The molecule has 1 heterocycles. The topological polar surface area (TPSA) is 52.1 Å². The summed E-state index contributed by atoms with van der Waals surface area (Å²) >= 11 is 0. The molecule has 1 aromatic heterocycles. The van der Waals surface area contributed by atoms with Gasteiger partial charge in [0.25, 0.3) is 0 Å². The fourth-order valence-electron chi connectivity index (χ4n) is 2.17. The molecule has 5 heteroatoms. The first-order chi connectivity index (χ1) is 11.1. The number of halogens is 1. The van der Waals surface area contributed by atoms with E-state index in [1.807, 2.05) is 6.07 Å². The van der Waals surface area contributed by atoms with Gasteiger partial charge >= 0.3 is 12.0 Å². The minimum atomic E-state index is -0.725. The third-order valence-electron chi connectivity index (χ3n) is 3.44. The molecule has 0 radical (unpaired) electrons. The summed E-state index contributed by atoms with van der Waals surface area (Å²) in [4.78, 5) is 20.0. The lowest BCUT2D eigenvalue weighted by molar-refractivity contribution is 0.0719. The molecule has 0 bridgehead atoms. The van der Waals surface area contributed by atoms with Crippen molar-refractivity contribution < 1.29 is 13.9 Å². The summed E-state index contributed by atoms with van der Waals surface area (Å²) < 4.78 is 17.8. The molecule has 0 N–H and O–H groups in total. The average Bonchev–Trinajstić information content (AvgIpc) is 2.56. The molecule has 122 valence electrons. The van der Waals surface area contributed by atoms with Crippen molar-refractivity contribution in [2.75, 3.05) is 0 Å². The van der Waals surface area contributed by atoms with Gasteiger partial charge in [0.15, 0.2) is 0 Å². The van der Waals surface area contributed by atoms with E-state index < -0.39 is 12.1 Å². The Bertz CT molecular complexity index is 600. The fraction of sp³-hybridized carbons (Fsp3) is 0.389. The van der Waals surface area contributed by atoms with Gasteiger partial charge in [-0.3, -0.25) is 0 Å². The van der Waals surface area contributed by atoms with Crippen molar-refractivity contribution in [2.45, 2.75) is 45.2 Å². The number of carbonyl (C=O) groups is 1. The van der Waals surface area contributed by atoms with Crippen LogP contribution in [0.3, 0.4) is 0 Å². The third-order valence-corrected chi connectivity index (χ3v) is 3.44. The molecule has 1 unspecified atom stereocenters. The Kier molecular flexibility index (Phi) is 6.66. The minimum absolute atomic E-state index is 0.0499. The number of hydrogen-bond acceptors (Lipinski definition) is 4. The molecule has 2 aromatic rings. The molecule has 0 saturated carbocycles. The molecular weight excluding hydrogens is 295 g/mol. The summed E-state index contributed by atoms with van der Waals surface area (Å²) in [6.45, 7) is 1.59. The lowest BCUT2D eigenvalue weighted by Crippen LogP contribution is -2.10. The van der Waals surface area contributed by atoms with E-state index in [0.717, 1.165) is 31.2 Å². The van der Waals surface area contributed by atoms with Crippen molar-refractivity contribution in [3.05, 3.63) is 53.9 Å². The standard InChI is InChI=1S/C18H21FN2O2/c1-14(19)8-4-2-5-9-15-12-20-18(21-13-15)23-17(22)16-10-6-3-7-11-16/h3,6-7,10-14H,2,4-5,8-9H2,1H3. The summed E-state index contributed by atoms with van der Waals surface area (Å²) in [6, 6.07) is 8.77. The molecule has 4 nitrogen and oxygen atoms in total. The molecule has 0 spiro atoms. The first-order valence-corrected chi connectivity index (χ1v) is 7.87. The second-order valence-electron chi connectivity index (χ2n) is 5.51. The average molecular weight is 316 g/mol. The maximum atomic E-state index is 12.7. The predicted octanol–water partition coefficient (Wildman–Crippen LogP) is 4.16. The number of nitrogens with zero attached hydrogens (tertiary/aromatic N) is 2. The van der Waals surface area contributed by atoms with Gasteiger partial charge in [0, 0.05) is 12.4 Å². The van der Waals surface area contributed by atoms with Gasteiger partial charge in [0.1, 0.15) is 0 Å². The summed E-state index contributed by atoms with van der Waals surface area (Å²) in [6.07, 6.45) is 6.91. The number of aryl methyl sites for hydroxylation is 1. The molecule has 1 aromatic carbocycles. The van der Waals surface area contributed by atoms with Crippen LogP contribution in [0.15, 0.2) is 42.7 Å². The number of alkyl halides is 1. The highest BCUT2D eigenvalue weighted by Crippen LogP contribution is 2.11. The normalized spacial score (nSPS) is 11.9. The van der Waals surface area contributed by atoms with E-state index in [1.165, 1.54) is 0 Å². The first-order valence-electron chi connectivity index (χ1n) is 7.87. The van der Waals surface area contributed by atoms with Crippen LogP contribution in [0.4, 0.5) is 4.39 Å². The summed E-state index contributed by atoms with van der Waals surface area (Å²) in [5.74, 6) is -0.473. The monoisotopic (exact) mass is 316 g/mol. The maximum absolute atomic E-state index is 12.7. The smallest absolute Gasteiger partial charge is 0.345 e. The molecule has 0 saturated heterocycles. The van der Waals surface area contributed by atoms with Crippen LogP contribution < -0.4 is 4.74 Å². The summed E-state index contributed by atoms with van der Waals surface area (Å²) in [5.41, 5.74) is 1.44. The van der Waals surface area contributed by atoms with Crippen molar-refractivity contribution in [1.82, 2.24) is 9.97 Å². The van der Waals surface area contributed by atoms with E-state index >= 15 is 0 Å². The number of ether oxygens (including phenoxy) is 1. The number of hydrogen-bond donors (Lipinski definition) is 0. The Labute approximate surface area is 135 Å². The molecule has 0 aliphatic heterocycles. The van der Waals surface area contributed by atoms with Gasteiger partial charge in [-0.05, 0) is 43.9 Å². The van der Waals surface area contributed by atoms with Gasteiger partial charge in [0.05, 0.1) is 11.7 Å². The lowest BCUT2D eigenvalue weighted by atomic mass is 10.1. The van der Waals surface area contributed by atoms with Crippen molar-refractivity contribution in [2.24, 2.45) is 0 Å². The summed E-state index contributed by atoms with van der Waals surface area (Å²) in [5, 5.41) is 0. The van der Waals surface area contributed by atoms with Crippen molar-refractivity contribution in [1.29, 1.82) is 0 Å². The summed E-state index contributed by atoms with van der Waals surface area (Å²) in [7, 11) is 0. The van der Waals surface area contributed by atoms with Crippen LogP contribution in [-0.4, -0.2) is 22.1 Å². The van der Waals surface area contributed by atoms with Gasteiger partial charge in [-0.2, -0.15) is 0 Å². The van der Waals surface area contributed by atoms with Crippen LogP contribution in [-0.2, 0) is 6.42 Å². The van der Waals surface area contributed by atoms with Gasteiger partial charge in [-0.1, -0.05) is 31.0 Å². The van der Waals surface area contributed by atoms with Gasteiger partial charge < -0.3 is 4.74 Å². The Balaban J connectivity index is 1.77. The molecule has 23 heavy (non-hydrogen) atoms. The number of benzene rings is 1. The fourth-order valence-corrected chi connectivity index (χ4v) is 2.17. The van der Waals surface area contributed by atoms with E-state index in [1.54, 1.807) is 43.6 Å². The number of carbonyl (C=O) groups excluding carboxylic acids is 1. The van der Waals surface area contributed by atoms with Crippen molar-refractivity contribution in [3.8, 4) is 6.01 Å². The minimum Gasteiger partial charge on any atom is -0.387 e. The zero-order valence-corrected chi connectivity index (χ0v) is 13.2. The van der Waals surface area contributed by atoms with Crippen molar-refractivity contribution >= 4 is 5.97 Å². The largest absolute Gasteiger partial charge is 0.387 e.